The molecule has 1 aromatic rings. The second kappa shape index (κ2) is 6.13. The Morgan fingerprint density at radius 1 is 1.67 bits per heavy atom. The van der Waals surface area contributed by atoms with Crippen LogP contribution < -0.4 is 10.6 Å². The van der Waals surface area contributed by atoms with Gasteiger partial charge in [-0.05, 0) is 13.5 Å². The van der Waals surface area contributed by atoms with Gasteiger partial charge in [-0.25, -0.2) is 0 Å². The molecule has 1 rings (SSSR count). The molecule has 0 bridgehead atoms. The molecule has 0 fully saturated rings. The first-order valence-electron chi connectivity index (χ1n) is 4.97. The highest BCUT2D eigenvalue weighted by molar-refractivity contribution is 5.76. The molecule has 15 heavy (non-hydrogen) atoms. The van der Waals surface area contributed by atoms with E-state index in [1.165, 1.54) is 6.39 Å². The van der Waals surface area contributed by atoms with Crippen LogP contribution >= 0.6 is 0 Å². The number of carbonyl (C=O) groups is 1. The average Bonchev–Trinajstić information content (AvgIpc) is 2.67. The summed E-state index contributed by atoms with van der Waals surface area (Å²) in [4.78, 5) is 15.2. The van der Waals surface area contributed by atoms with Crippen LogP contribution in [0.3, 0.4) is 0 Å². The highest BCUT2D eigenvalue weighted by Crippen LogP contribution is 1.92. The molecule has 6 heteroatoms. The van der Waals surface area contributed by atoms with Crippen molar-refractivity contribution in [1.82, 2.24) is 20.8 Å². The fraction of sp³-hybridized carbons (Fsp3) is 0.667. The predicted molar refractivity (Wildman–Crippen MR) is 53.9 cm³/mol. The minimum atomic E-state index is -0.0201. The van der Waals surface area contributed by atoms with Crippen LogP contribution in [0.2, 0.25) is 0 Å². The molecule has 1 heterocycles. The van der Waals surface area contributed by atoms with Crippen LogP contribution in [0.4, 0.5) is 0 Å². The number of carbonyl (C=O) groups excluding carboxylic acids is 1. The number of nitrogens with one attached hydrogen (secondary N) is 2. The van der Waals surface area contributed by atoms with Crippen molar-refractivity contribution in [3.8, 4) is 0 Å². The van der Waals surface area contributed by atoms with Crippen LogP contribution in [-0.2, 0) is 11.3 Å². The number of aromatic nitrogens is 2. The first-order valence-corrected chi connectivity index (χ1v) is 4.97. The third kappa shape index (κ3) is 4.55. The van der Waals surface area contributed by atoms with Crippen LogP contribution in [-0.4, -0.2) is 28.6 Å². The maximum Gasteiger partial charge on any atom is 0.221 e. The molecule has 1 unspecified atom stereocenters. The van der Waals surface area contributed by atoms with Crippen LogP contribution in [0.25, 0.3) is 0 Å². The lowest BCUT2D eigenvalue weighted by atomic mass is 10.2. The minimum Gasteiger partial charge on any atom is -0.349 e. The second-order valence-electron chi connectivity index (χ2n) is 3.29. The summed E-state index contributed by atoms with van der Waals surface area (Å²) < 4.78 is 4.54. The molecule has 2 N–H and O–H groups in total. The monoisotopic (exact) mass is 212 g/mol. The number of rotatable bonds is 6. The molecule has 0 aromatic carbocycles. The third-order valence-electron chi connectivity index (χ3n) is 1.89. The van der Waals surface area contributed by atoms with Gasteiger partial charge in [0.05, 0.1) is 6.54 Å². The van der Waals surface area contributed by atoms with Crippen molar-refractivity contribution in [2.75, 3.05) is 6.54 Å². The van der Waals surface area contributed by atoms with Crippen molar-refractivity contribution in [3.63, 3.8) is 0 Å². The van der Waals surface area contributed by atoms with Gasteiger partial charge in [0, 0.05) is 12.5 Å². The van der Waals surface area contributed by atoms with Crippen LogP contribution in [0.15, 0.2) is 10.9 Å². The Morgan fingerprint density at radius 3 is 3.07 bits per heavy atom. The molecule has 0 saturated heterocycles. The number of amides is 1. The van der Waals surface area contributed by atoms with Gasteiger partial charge in [-0.3, -0.25) is 4.79 Å². The summed E-state index contributed by atoms with van der Waals surface area (Å²) in [7, 11) is 0. The lowest BCUT2D eigenvalue weighted by Crippen LogP contribution is -2.33. The van der Waals surface area contributed by atoms with E-state index in [1.54, 1.807) is 0 Å². The standard InChI is InChI=1S/C9H16N4O2/c1-3-10-7(2)4-9(14)11-5-8-12-6-15-13-8/h6-7,10H,3-5H2,1-2H3,(H,11,14). The second-order valence-corrected chi connectivity index (χ2v) is 3.29. The Bertz CT molecular complexity index is 286. The van der Waals surface area contributed by atoms with Crippen molar-refractivity contribution in [2.24, 2.45) is 0 Å². The minimum absolute atomic E-state index is 0.0201. The number of hydrogen-bond acceptors (Lipinski definition) is 5. The van der Waals surface area contributed by atoms with Gasteiger partial charge in [0.2, 0.25) is 12.3 Å². The molecule has 1 aromatic heterocycles. The van der Waals surface area contributed by atoms with Crippen molar-refractivity contribution in [3.05, 3.63) is 12.2 Å². The number of hydrogen-bond donors (Lipinski definition) is 2. The first kappa shape index (κ1) is 11.6. The molecule has 1 amide bonds. The summed E-state index contributed by atoms with van der Waals surface area (Å²) in [5.74, 6) is 0.465. The van der Waals surface area contributed by atoms with E-state index in [2.05, 4.69) is 25.3 Å². The third-order valence-corrected chi connectivity index (χ3v) is 1.89. The Morgan fingerprint density at radius 2 is 2.47 bits per heavy atom. The fourth-order valence-corrected chi connectivity index (χ4v) is 1.22. The molecule has 0 aliphatic carbocycles. The zero-order valence-corrected chi connectivity index (χ0v) is 8.99. The molecule has 6 nitrogen and oxygen atoms in total. The van der Waals surface area contributed by atoms with Crippen molar-refractivity contribution < 1.29 is 9.32 Å². The molecule has 1 atom stereocenters. The van der Waals surface area contributed by atoms with Gasteiger partial charge in [-0.1, -0.05) is 12.1 Å². The van der Waals surface area contributed by atoms with Gasteiger partial charge in [0.15, 0.2) is 5.82 Å². The van der Waals surface area contributed by atoms with Gasteiger partial charge in [0.25, 0.3) is 0 Å². The SMILES string of the molecule is CCNC(C)CC(=O)NCc1ncon1. The zero-order chi connectivity index (χ0) is 11.1. The van der Waals surface area contributed by atoms with E-state index in [0.717, 1.165) is 6.54 Å². The molecule has 0 aliphatic heterocycles. The predicted octanol–water partition coefficient (Wildman–Crippen LogP) is 0.0739. The van der Waals surface area contributed by atoms with Crippen molar-refractivity contribution in [1.29, 1.82) is 0 Å². The highest BCUT2D eigenvalue weighted by Gasteiger charge is 2.08. The summed E-state index contributed by atoms with van der Waals surface area (Å²) in [5, 5.41) is 9.46. The molecule has 0 radical (unpaired) electrons. The summed E-state index contributed by atoms with van der Waals surface area (Å²) in [6.45, 7) is 5.15. The largest absolute Gasteiger partial charge is 0.349 e. The quantitative estimate of drug-likeness (QED) is 0.697. The maximum absolute atomic E-state index is 11.4. The highest BCUT2D eigenvalue weighted by atomic mass is 16.5. The van der Waals surface area contributed by atoms with Crippen LogP contribution in [0.5, 0.6) is 0 Å². The van der Waals surface area contributed by atoms with Crippen LogP contribution in [0.1, 0.15) is 26.1 Å². The lowest BCUT2D eigenvalue weighted by Gasteiger charge is -2.11. The van der Waals surface area contributed by atoms with Gasteiger partial charge in [-0.2, -0.15) is 4.98 Å². The maximum atomic E-state index is 11.4. The smallest absolute Gasteiger partial charge is 0.221 e. The average molecular weight is 212 g/mol. The Kier molecular flexibility index (Phi) is 4.76. The Balaban J connectivity index is 2.19. The van der Waals surface area contributed by atoms with E-state index in [0.29, 0.717) is 18.8 Å². The Labute approximate surface area is 88.4 Å². The van der Waals surface area contributed by atoms with Crippen LogP contribution in [0, 0.1) is 0 Å². The normalized spacial score (nSPS) is 12.4. The molecule has 0 aliphatic rings. The zero-order valence-electron chi connectivity index (χ0n) is 8.99. The summed E-state index contributed by atoms with van der Waals surface area (Å²) in [6, 6.07) is 0.181. The summed E-state index contributed by atoms with van der Waals surface area (Å²) in [6.07, 6.45) is 1.69. The number of nitrogens with zero attached hydrogens (tertiary/aromatic N) is 2. The van der Waals surface area contributed by atoms with Gasteiger partial charge in [0.1, 0.15) is 0 Å². The van der Waals surface area contributed by atoms with Gasteiger partial charge >= 0.3 is 0 Å². The van der Waals surface area contributed by atoms with Gasteiger partial charge in [-0.15, -0.1) is 0 Å². The lowest BCUT2D eigenvalue weighted by molar-refractivity contribution is -0.121. The molecule has 0 saturated carbocycles. The molecular weight excluding hydrogens is 196 g/mol. The molecular formula is C9H16N4O2. The van der Waals surface area contributed by atoms with Crippen molar-refractivity contribution in [2.45, 2.75) is 32.9 Å². The Hall–Kier alpha value is -1.43. The van der Waals surface area contributed by atoms with E-state index >= 15 is 0 Å². The van der Waals surface area contributed by atoms with E-state index in [-0.39, 0.29) is 11.9 Å². The van der Waals surface area contributed by atoms with Crippen molar-refractivity contribution >= 4 is 5.91 Å². The summed E-state index contributed by atoms with van der Waals surface area (Å²) >= 11 is 0. The fourth-order valence-electron chi connectivity index (χ4n) is 1.22. The molecule has 0 spiro atoms. The van der Waals surface area contributed by atoms with E-state index in [4.69, 9.17) is 0 Å². The summed E-state index contributed by atoms with van der Waals surface area (Å²) in [5.41, 5.74) is 0. The van der Waals surface area contributed by atoms with Gasteiger partial charge < -0.3 is 15.2 Å². The first-order chi connectivity index (χ1) is 7.22. The van der Waals surface area contributed by atoms with E-state index < -0.39 is 0 Å². The van der Waals surface area contributed by atoms with E-state index in [9.17, 15) is 4.79 Å². The van der Waals surface area contributed by atoms with E-state index in [1.807, 2.05) is 13.8 Å². The molecule has 84 valence electrons. The topological polar surface area (TPSA) is 80.0 Å².